The Kier molecular flexibility index (Phi) is 8.65. The summed E-state index contributed by atoms with van der Waals surface area (Å²) in [6.45, 7) is 1.87. The smallest absolute Gasteiger partial charge is 0.225 e. The van der Waals surface area contributed by atoms with Gasteiger partial charge in [0.05, 0.1) is 19.3 Å². The first-order valence-electron chi connectivity index (χ1n) is 9.39. The highest BCUT2D eigenvalue weighted by Crippen LogP contribution is 2.14. The van der Waals surface area contributed by atoms with E-state index in [1.807, 2.05) is 60.7 Å². The Morgan fingerprint density at radius 3 is 1.89 bits per heavy atom. The molecule has 2 N–H and O–H groups in total. The normalized spacial score (nSPS) is 11.7. The number of aliphatic hydroxyl groups excluding tert-OH is 2. The predicted molar refractivity (Wildman–Crippen MR) is 107 cm³/mol. The molecule has 0 spiro atoms. The van der Waals surface area contributed by atoms with Crippen LogP contribution in [0.15, 0.2) is 60.7 Å². The van der Waals surface area contributed by atoms with Crippen molar-refractivity contribution >= 4 is 11.8 Å². The Labute approximate surface area is 166 Å². The van der Waals surface area contributed by atoms with Crippen LogP contribution in [0.1, 0.15) is 24.5 Å². The van der Waals surface area contributed by atoms with E-state index in [4.69, 9.17) is 0 Å². The predicted octanol–water partition coefficient (Wildman–Crippen LogP) is 1.81. The molecule has 0 fully saturated rings. The van der Waals surface area contributed by atoms with Crippen LogP contribution < -0.4 is 0 Å². The number of nitrogens with zero attached hydrogens (tertiary/aromatic N) is 2. The van der Waals surface area contributed by atoms with Gasteiger partial charge in [-0.15, -0.1) is 0 Å². The van der Waals surface area contributed by atoms with Crippen LogP contribution in [0, 0.1) is 0 Å². The quantitative estimate of drug-likeness (QED) is 0.655. The van der Waals surface area contributed by atoms with Crippen molar-refractivity contribution in [2.24, 2.45) is 0 Å². The van der Waals surface area contributed by atoms with Crippen molar-refractivity contribution in [2.75, 3.05) is 19.8 Å². The van der Waals surface area contributed by atoms with Gasteiger partial charge in [-0.05, 0) is 11.1 Å². The standard InChI is InChI=1S/C22H28N2O4/c1-18(27)24(16-20-10-6-3-7-11-20)21(17-26)14-22(28)23(12-13-25)15-19-8-4-2-5-9-19/h2-11,21,25-26H,12-17H2,1H3. The number of hydrogen-bond acceptors (Lipinski definition) is 4. The van der Waals surface area contributed by atoms with Crippen molar-refractivity contribution in [3.05, 3.63) is 71.8 Å². The second kappa shape index (κ2) is 11.2. The number of aliphatic hydroxyl groups is 2. The summed E-state index contributed by atoms with van der Waals surface area (Å²) in [6, 6.07) is 18.4. The molecule has 0 saturated heterocycles. The van der Waals surface area contributed by atoms with E-state index in [1.54, 1.807) is 4.90 Å². The zero-order chi connectivity index (χ0) is 20.4. The van der Waals surface area contributed by atoms with Gasteiger partial charge in [-0.25, -0.2) is 0 Å². The van der Waals surface area contributed by atoms with Gasteiger partial charge < -0.3 is 20.0 Å². The molecular weight excluding hydrogens is 356 g/mol. The van der Waals surface area contributed by atoms with Gasteiger partial charge in [0.1, 0.15) is 0 Å². The lowest BCUT2D eigenvalue weighted by molar-refractivity contribution is -0.138. The van der Waals surface area contributed by atoms with Crippen LogP contribution in [0.3, 0.4) is 0 Å². The average molecular weight is 384 g/mol. The highest BCUT2D eigenvalue weighted by Gasteiger charge is 2.26. The average Bonchev–Trinajstić information content (AvgIpc) is 2.71. The Morgan fingerprint density at radius 1 is 0.893 bits per heavy atom. The summed E-state index contributed by atoms with van der Waals surface area (Å²) in [4.78, 5) is 28.1. The topological polar surface area (TPSA) is 81.1 Å². The molecule has 0 aliphatic rings. The summed E-state index contributed by atoms with van der Waals surface area (Å²) in [5.41, 5.74) is 1.89. The fourth-order valence-electron chi connectivity index (χ4n) is 3.10. The molecule has 0 bridgehead atoms. The molecule has 0 aliphatic heterocycles. The zero-order valence-electron chi connectivity index (χ0n) is 16.2. The van der Waals surface area contributed by atoms with Crippen LogP contribution in [0.5, 0.6) is 0 Å². The van der Waals surface area contributed by atoms with E-state index >= 15 is 0 Å². The molecule has 0 saturated carbocycles. The van der Waals surface area contributed by atoms with Crippen LogP contribution in [0.2, 0.25) is 0 Å². The third-order valence-electron chi connectivity index (χ3n) is 4.60. The molecule has 2 aromatic carbocycles. The molecule has 0 aromatic heterocycles. The molecule has 6 nitrogen and oxygen atoms in total. The lowest BCUT2D eigenvalue weighted by Crippen LogP contribution is -2.45. The summed E-state index contributed by atoms with van der Waals surface area (Å²) in [7, 11) is 0. The number of hydrogen-bond donors (Lipinski definition) is 2. The lowest BCUT2D eigenvalue weighted by atomic mass is 10.1. The third-order valence-corrected chi connectivity index (χ3v) is 4.60. The van der Waals surface area contributed by atoms with E-state index in [0.717, 1.165) is 11.1 Å². The van der Waals surface area contributed by atoms with Gasteiger partial charge in [-0.3, -0.25) is 9.59 Å². The van der Waals surface area contributed by atoms with Crippen molar-refractivity contribution in [3.8, 4) is 0 Å². The summed E-state index contributed by atoms with van der Waals surface area (Å²) in [6.07, 6.45) is -0.00422. The molecule has 150 valence electrons. The second-order valence-electron chi connectivity index (χ2n) is 6.70. The lowest BCUT2D eigenvalue weighted by Gasteiger charge is -2.31. The molecule has 0 radical (unpaired) electrons. The zero-order valence-corrected chi connectivity index (χ0v) is 16.2. The first-order valence-corrected chi connectivity index (χ1v) is 9.39. The molecule has 0 heterocycles. The van der Waals surface area contributed by atoms with E-state index in [-0.39, 0.29) is 38.0 Å². The largest absolute Gasteiger partial charge is 0.395 e. The maximum Gasteiger partial charge on any atom is 0.225 e. The molecule has 1 unspecified atom stereocenters. The number of amides is 2. The SMILES string of the molecule is CC(=O)N(Cc1ccccc1)C(CO)CC(=O)N(CCO)Cc1ccccc1. The van der Waals surface area contributed by atoms with Gasteiger partial charge in [0.15, 0.2) is 0 Å². The molecule has 2 amide bonds. The van der Waals surface area contributed by atoms with Crippen LogP contribution in [0.4, 0.5) is 0 Å². The number of carbonyl (C=O) groups is 2. The molecule has 1 atom stereocenters. The van der Waals surface area contributed by atoms with Crippen molar-refractivity contribution in [2.45, 2.75) is 32.5 Å². The monoisotopic (exact) mass is 384 g/mol. The highest BCUT2D eigenvalue weighted by atomic mass is 16.3. The maximum absolute atomic E-state index is 12.9. The summed E-state index contributed by atoms with van der Waals surface area (Å²) in [5.74, 6) is -0.413. The fourth-order valence-corrected chi connectivity index (χ4v) is 3.10. The van der Waals surface area contributed by atoms with Gasteiger partial charge in [0.2, 0.25) is 11.8 Å². The molecule has 6 heteroatoms. The summed E-state index contributed by atoms with van der Waals surface area (Å²) >= 11 is 0. The van der Waals surface area contributed by atoms with Crippen molar-refractivity contribution < 1.29 is 19.8 Å². The van der Waals surface area contributed by atoms with Gasteiger partial charge >= 0.3 is 0 Å². The van der Waals surface area contributed by atoms with Crippen LogP contribution in [0.25, 0.3) is 0 Å². The minimum atomic E-state index is -0.623. The van der Waals surface area contributed by atoms with E-state index in [2.05, 4.69) is 0 Å². The Hall–Kier alpha value is -2.70. The van der Waals surface area contributed by atoms with Crippen LogP contribution in [-0.4, -0.2) is 57.6 Å². The molecule has 2 rings (SSSR count). The van der Waals surface area contributed by atoms with E-state index < -0.39 is 6.04 Å². The summed E-state index contributed by atoms with van der Waals surface area (Å²) in [5, 5.41) is 19.2. The van der Waals surface area contributed by atoms with Crippen LogP contribution >= 0.6 is 0 Å². The van der Waals surface area contributed by atoms with Crippen molar-refractivity contribution in [1.29, 1.82) is 0 Å². The van der Waals surface area contributed by atoms with Crippen LogP contribution in [-0.2, 0) is 22.7 Å². The van der Waals surface area contributed by atoms with E-state index in [0.29, 0.717) is 13.1 Å². The molecule has 0 aliphatic carbocycles. The van der Waals surface area contributed by atoms with E-state index in [1.165, 1.54) is 11.8 Å². The van der Waals surface area contributed by atoms with Gasteiger partial charge in [0, 0.05) is 33.0 Å². The van der Waals surface area contributed by atoms with Gasteiger partial charge in [-0.2, -0.15) is 0 Å². The number of carbonyl (C=O) groups excluding carboxylic acids is 2. The van der Waals surface area contributed by atoms with Gasteiger partial charge in [-0.1, -0.05) is 60.7 Å². The Morgan fingerprint density at radius 2 is 1.43 bits per heavy atom. The highest BCUT2D eigenvalue weighted by molar-refractivity contribution is 5.79. The molecule has 28 heavy (non-hydrogen) atoms. The number of rotatable bonds is 10. The fraction of sp³-hybridized carbons (Fsp3) is 0.364. The number of benzene rings is 2. The third kappa shape index (κ3) is 6.48. The first-order chi connectivity index (χ1) is 13.5. The minimum absolute atomic E-state index is 0.00422. The minimum Gasteiger partial charge on any atom is -0.395 e. The Balaban J connectivity index is 2.10. The first kappa shape index (κ1) is 21.6. The second-order valence-corrected chi connectivity index (χ2v) is 6.70. The Bertz CT molecular complexity index is 737. The molecular formula is C22H28N2O4. The molecule has 2 aromatic rings. The van der Waals surface area contributed by atoms with Crippen molar-refractivity contribution in [3.63, 3.8) is 0 Å². The van der Waals surface area contributed by atoms with Gasteiger partial charge in [0.25, 0.3) is 0 Å². The maximum atomic E-state index is 12.9. The van der Waals surface area contributed by atoms with Crippen molar-refractivity contribution in [1.82, 2.24) is 9.80 Å². The summed E-state index contributed by atoms with van der Waals surface area (Å²) < 4.78 is 0. The van der Waals surface area contributed by atoms with E-state index in [9.17, 15) is 19.8 Å².